The van der Waals surface area contributed by atoms with Gasteiger partial charge in [0.1, 0.15) is 15.7 Å². The highest BCUT2D eigenvalue weighted by atomic mass is 32.2. The molecule has 1 aliphatic carbocycles. The molecule has 8 heteroatoms. The number of aromatic nitrogens is 2. The fourth-order valence-electron chi connectivity index (χ4n) is 2.20. The van der Waals surface area contributed by atoms with Gasteiger partial charge in [-0.05, 0) is 37.8 Å². The zero-order valence-corrected chi connectivity index (χ0v) is 13.1. The highest BCUT2D eigenvalue weighted by molar-refractivity contribution is 7.89. The Bertz CT molecular complexity index is 753. The Morgan fingerprint density at radius 1 is 1.48 bits per heavy atom. The first-order chi connectivity index (χ1) is 9.95. The topological polar surface area (TPSA) is 98.0 Å². The van der Waals surface area contributed by atoms with Crippen LogP contribution < -0.4 is 10.5 Å². The largest absolute Gasteiger partial charge is 0.359 e. The number of thiazole rings is 1. The van der Waals surface area contributed by atoms with Gasteiger partial charge in [0.15, 0.2) is 0 Å². The number of sulfonamides is 1. The first-order valence-corrected chi connectivity index (χ1v) is 9.04. The summed E-state index contributed by atoms with van der Waals surface area (Å²) >= 11 is 1.58. The van der Waals surface area contributed by atoms with Crippen molar-refractivity contribution in [2.24, 2.45) is 11.1 Å². The first kappa shape index (κ1) is 14.4. The van der Waals surface area contributed by atoms with Crippen LogP contribution in [0.25, 0.3) is 0 Å². The van der Waals surface area contributed by atoms with Gasteiger partial charge in [0.25, 0.3) is 0 Å². The molecule has 3 N–H and O–H groups in total. The van der Waals surface area contributed by atoms with Crippen molar-refractivity contribution in [2.45, 2.75) is 30.7 Å². The second-order valence-corrected chi connectivity index (χ2v) is 7.60. The third-order valence-electron chi connectivity index (χ3n) is 3.37. The van der Waals surface area contributed by atoms with Gasteiger partial charge in [-0.2, -0.15) is 0 Å². The van der Waals surface area contributed by atoms with Crippen LogP contribution in [0.5, 0.6) is 0 Å². The number of rotatable bonds is 5. The van der Waals surface area contributed by atoms with Crippen LogP contribution in [0, 0.1) is 12.8 Å². The van der Waals surface area contributed by atoms with Crippen molar-refractivity contribution in [1.82, 2.24) is 9.97 Å². The van der Waals surface area contributed by atoms with Crippen LogP contribution in [0.3, 0.4) is 0 Å². The maximum atomic E-state index is 11.6. The first-order valence-electron chi connectivity index (χ1n) is 6.61. The van der Waals surface area contributed by atoms with Crippen LogP contribution >= 0.6 is 11.3 Å². The van der Waals surface area contributed by atoms with Gasteiger partial charge in [0.2, 0.25) is 10.0 Å². The van der Waals surface area contributed by atoms with E-state index in [1.807, 2.05) is 12.3 Å². The Labute approximate surface area is 127 Å². The molecule has 2 aromatic heterocycles. The Morgan fingerprint density at radius 3 is 2.81 bits per heavy atom. The number of nitrogens with one attached hydrogen (secondary N) is 1. The van der Waals surface area contributed by atoms with Crippen LogP contribution in [0.2, 0.25) is 0 Å². The van der Waals surface area contributed by atoms with Crippen molar-refractivity contribution in [3.63, 3.8) is 0 Å². The lowest BCUT2D eigenvalue weighted by atomic mass is 10.2. The van der Waals surface area contributed by atoms with E-state index in [0.29, 0.717) is 11.7 Å². The van der Waals surface area contributed by atoms with Crippen molar-refractivity contribution >= 4 is 27.2 Å². The highest BCUT2D eigenvalue weighted by Gasteiger charge is 2.35. The molecule has 0 spiro atoms. The normalized spacial score (nSPS) is 16.7. The fourth-order valence-corrected chi connectivity index (χ4v) is 3.79. The third kappa shape index (κ3) is 3.22. The van der Waals surface area contributed by atoms with E-state index in [-0.39, 0.29) is 10.9 Å². The van der Waals surface area contributed by atoms with Crippen molar-refractivity contribution in [2.75, 3.05) is 5.32 Å². The standard InChI is InChI=1S/C13H16N4O2S2/c1-8-7-20-13(16-8)11(9-4-5-9)17-12-10(21(14,18)19)3-2-6-15-12/h2-3,6-7,9,11H,4-5H2,1H3,(H,15,17)(H2,14,18,19)/t11-/m0/s1. The lowest BCUT2D eigenvalue weighted by Crippen LogP contribution is -2.19. The molecular weight excluding hydrogens is 308 g/mol. The van der Waals surface area contributed by atoms with E-state index in [1.165, 1.54) is 6.07 Å². The average Bonchev–Trinajstić information content (AvgIpc) is 3.17. The zero-order valence-electron chi connectivity index (χ0n) is 11.5. The number of nitrogens with two attached hydrogens (primary N) is 1. The molecule has 2 heterocycles. The Kier molecular flexibility index (Phi) is 3.68. The van der Waals surface area contributed by atoms with E-state index in [4.69, 9.17) is 5.14 Å². The minimum atomic E-state index is -3.80. The van der Waals surface area contributed by atoms with Crippen LogP contribution in [0.15, 0.2) is 28.6 Å². The highest BCUT2D eigenvalue weighted by Crippen LogP contribution is 2.43. The van der Waals surface area contributed by atoms with Gasteiger partial charge in [-0.25, -0.2) is 23.5 Å². The summed E-state index contributed by atoms with van der Waals surface area (Å²) in [5.41, 5.74) is 0.968. The van der Waals surface area contributed by atoms with Crippen molar-refractivity contribution in [1.29, 1.82) is 0 Å². The minimum absolute atomic E-state index is 0.0147. The Hall–Kier alpha value is -1.51. The number of nitrogens with zero attached hydrogens (tertiary/aromatic N) is 2. The van der Waals surface area contributed by atoms with Crippen molar-refractivity contribution in [3.05, 3.63) is 34.4 Å². The van der Waals surface area contributed by atoms with Crippen LogP contribution in [0.4, 0.5) is 5.82 Å². The minimum Gasteiger partial charge on any atom is -0.359 e. The van der Waals surface area contributed by atoms with Crippen LogP contribution in [-0.2, 0) is 10.0 Å². The Balaban J connectivity index is 1.94. The number of pyridine rings is 1. The van der Waals surface area contributed by atoms with Gasteiger partial charge in [-0.15, -0.1) is 11.3 Å². The molecule has 0 radical (unpaired) electrons. The lowest BCUT2D eigenvalue weighted by Gasteiger charge is -2.18. The van der Waals surface area contributed by atoms with E-state index >= 15 is 0 Å². The molecule has 3 rings (SSSR count). The number of hydrogen-bond acceptors (Lipinski definition) is 6. The molecule has 1 saturated carbocycles. The summed E-state index contributed by atoms with van der Waals surface area (Å²) in [5.74, 6) is 0.760. The lowest BCUT2D eigenvalue weighted by molar-refractivity contribution is 0.596. The zero-order chi connectivity index (χ0) is 15.0. The second kappa shape index (κ2) is 5.36. The summed E-state index contributed by atoms with van der Waals surface area (Å²) in [7, 11) is -3.80. The van der Waals surface area contributed by atoms with Crippen LogP contribution in [-0.4, -0.2) is 18.4 Å². The Morgan fingerprint density at radius 2 is 2.24 bits per heavy atom. The van der Waals surface area contributed by atoms with Gasteiger partial charge in [-0.3, -0.25) is 0 Å². The molecule has 112 valence electrons. The number of anilines is 1. The molecule has 0 bridgehead atoms. The van der Waals surface area contributed by atoms with Gasteiger partial charge < -0.3 is 5.32 Å². The van der Waals surface area contributed by atoms with E-state index in [0.717, 1.165) is 23.5 Å². The molecule has 0 aromatic carbocycles. The smallest absolute Gasteiger partial charge is 0.241 e. The van der Waals surface area contributed by atoms with E-state index in [9.17, 15) is 8.42 Å². The summed E-state index contributed by atoms with van der Waals surface area (Å²) in [6.07, 6.45) is 3.76. The molecule has 0 saturated heterocycles. The average molecular weight is 324 g/mol. The van der Waals surface area contributed by atoms with Crippen molar-refractivity contribution in [3.8, 4) is 0 Å². The summed E-state index contributed by atoms with van der Waals surface area (Å²) in [6, 6.07) is 3.01. The molecule has 1 fully saturated rings. The molecule has 0 amide bonds. The van der Waals surface area contributed by atoms with Gasteiger partial charge in [0.05, 0.1) is 6.04 Å². The van der Waals surface area contributed by atoms with Gasteiger partial charge in [0, 0.05) is 17.3 Å². The van der Waals surface area contributed by atoms with Crippen LogP contribution in [0.1, 0.15) is 29.6 Å². The van der Waals surface area contributed by atoms with E-state index < -0.39 is 10.0 Å². The molecule has 6 nitrogen and oxygen atoms in total. The predicted molar refractivity (Wildman–Crippen MR) is 81.5 cm³/mol. The monoisotopic (exact) mass is 324 g/mol. The summed E-state index contributed by atoms with van der Waals surface area (Å²) < 4.78 is 23.3. The third-order valence-corrected chi connectivity index (χ3v) is 5.35. The summed E-state index contributed by atoms with van der Waals surface area (Å²) in [6.45, 7) is 1.94. The summed E-state index contributed by atoms with van der Waals surface area (Å²) in [5, 5.41) is 11.4. The summed E-state index contributed by atoms with van der Waals surface area (Å²) in [4.78, 5) is 8.66. The molecule has 1 atom stereocenters. The molecule has 0 unspecified atom stereocenters. The van der Waals surface area contributed by atoms with E-state index in [2.05, 4.69) is 15.3 Å². The second-order valence-electron chi connectivity index (χ2n) is 5.18. The molecule has 1 aliphatic rings. The van der Waals surface area contributed by atoms with Gasteiger partial charge >= 0.3 is 0 Å². The maximum Gasteiger partial charge on any atom is 0.241 e. The number of primary sulfonamides is 1. The van der Waals surface area contributed by atoms with Crippen molar-refractivity contribution < 1.29 is 8.42 Å². The SMILES string of the molecule is Cc1csc([C@@H](Nc2ncccc2S(N)(=O)=O)C2CC2)n1. The number of aryl methyl sites for hydroxylation is 1. The van der Waals surface area contributed by atoms with Gasteiger partial charge in [-0.1, -0.05) is 0 Å². The molecule has 2 aromatic rings. The quantitative estimate of drug-likeness (QED) is 0.877. The molecule has 0 aliphatic heterocycles. The number of hydrogen-bond donors (Lipinski definition) is 2. The molecule has 21 heavy (non-hydrogen) atoms. The van der Waals surface area contributed by atoms with E-state index in [1.54, 1.807) is 23.6 Å². The predicted octanol–water partition coefficient (Wildman–Crippen LogP) is 2.06. The molecular formula is C13H16N4O2S2. The fraction of sp³-hybridized carbons (Fsp3) is 0.385. The maximum absolute atomic E-state index is 11.6.